The van der Waals surface area contributed by atoms with Crippen LogP contribution in [0.2, 0.25) is 0 Å². The van der Waals surface area contributed by atoms with Crippen LogP contribution in [0.15, 0.2) is 0 Å². The number of likely N-dealkylation sites (tertiary alicyclic amines) is 1. The SMILES string of the molecule is CCN1CCC(Cc2nn3c(C4CCCC4)nnc3s2)CC1. The zero-order valence-corrected chi connectivity index (χ0v) is 14.2. The number of hydrogen-bond acceptors (Lipinski definition) is 5. The lowest BCUT2D eigenvalue weighted by Crippen LogP contribution is -2.34. The number of rotatable bonds is 4. The van der Waals surface area contributed by atoms with Crippen molar-refractivity contribution in [2.24, 2.45) is 5.92 Å². The van der Waals surface area contributed by atoms with Gasteiger partial charge in [0.15, 0.2) is 5.82 Å². The summed E-state index contributed by atoms with van der Waals surface area (Å²) in [5, 5.41) is 14.9. The third-order valence-corrected chi connectivity index (χ3v) is 6.32. The first kappa shape index (κ1) is 14.6. The molecule has 22 heavy (non-hydrogen) atoms. The molecule has 1 aliphatic heterocycles. The second-order valence-corrected chi connectivity index (χ2v) is 7.85. The van der Waals surface area contributed by atoms with Crippen molar-refractivity contribution >= 4 is 16.3 Å². The third kappa shape index (κ3) is 2.78. The van der Waals surface area contributed by atoms with Crippen molar-refractivity contribution in [3.05, 3.63) is 10.8 Å². The summed E-state index contributed by atoms with van der Waals surface area (Å²) in [7, 11) is 0. The molecular formula is C16H25N5S. The Morgan fingerprint density at radius 3 is 2.59 bits per heavy atom. The highest BCUT2D eigenvalue weighted by Crippen LogP contribution is 2.34. The molecule has 0 bridgehead atoms. The van der Waals surface area contributed by atoms with Crippen LogP contribution in [0.4, 0.5) is 0 Å². The first-order valence-electron chi connectivity index (χ1n) is 8.77. The van der Waals surface area contributed by atoms with Gasteiger partial charge in [0.1, 0.15) is 5.01 Å². The maximum atomic E-state index is 4.85. The molecule has 1 aliphatic carbocycles. The van der Waals surface area contributed by atoms with Crippen LogP contribution >= 0.6 is 11.3 Å². The van der Waals surface area contributed by atoms with Gasteiger partial charge in [-0.15, -0.1) is 10.2 Å². The first-order chi connectivity index (χ1) is 10.8. The van der Waals surface area contributed by atoms with Gasteiger partial charge in [-0.1, -0.05) is 31.1 Å². The molecular weight excluding hydrogens is 294 g/mol. The predicted molar refractivity (Wildman–Crippen MR) is 88.4 cm³/mol. The Morgan fingerprint density at radius 2 is 1.86 bits per heavy atom. The van der Waals surface area contributed by atoms with Crippen LogP contribution in [-0.2, 0) is 6.42 Å². The number of piperidine rings is 1. The van der Waals surface area contributed by atoms with E-state index in [1.807, 2.05) is 4.52 Å². The number of aromatic nitrogens is 4. The Bertz CT molecular complexity index is 620. The fourth-order valence-electron chi connectivity index (χ4n) is 3.95. The van der Waals surface area contributed by atoms with Crippen molar-refractivity contribution in [2.75, 3.05) is 19.6 Å². The summed E-state index contributed by atoms with van der Waals surface area (Å²) in [5.41, 5.74) is 0. The molecule has 0 radical (unpaired) electrons. The van der Waals surface area contributed by atoms with E-state index in [0.29, 0.717) is 5.92 Å². The van der Waals surface area contributed by atoms with Crippen molar-refractivity contribution in [3.63, 3.8) is 0 Å². The quantitative estimate of drug-likeness (QED) is 0.868. The Balaban J connectivity index is 1.46. The molecule has 4 rings (SSSR count). The molecule has 6 heteroatoms. The van der Waals surface area contributed by atoms with Gasteiger partial charge >= 0.3 is 0 Å². The lowest BCUT2D eigenvalue weighted by molar-refractivity contribution is 0.192. The van der Waals surface area contributed by atoms with Gasteiger partial charge in [0.2, 0.25) is 4.96 Å². The maximum Gasteiger partial charge on any atom is 0.234 e. The summed E-state index contributed by atoms with van der Waals surface area (Å²) in [5.74, 6) is 2.48. The van der Waals surface area contributed by atoms with E-state index in [4.69, 9.17) is 5.10 Å². The molecule has 0 N–H and O–H groups in total. The van der Waals surface area contributed by atoms with Crippen molar-refractivity contribution in [1.29, 1.82) is 0 Å². The van der Waals surface area contributed by atoms with E-state index in [-0.39, 0.29) is 0 Å². The van der Waals surface area contributed by atoms with Crippen LogP contribution in [0.25, 0.3) is 4.96 Å². The minimum Gasteiger partial charge on any atom is -0.304 e. The van der Waals surface area contributed by atoms with Crippen molar-refractivity contribution in [2.45, 2.75) is 57.8 Å². The Labute approximate surface area is 135 Å². The van der Waals surface area contributed by atoms with E-state index in [2.05, 4.69) is 22.0 Å². The molecule has 2 aromatic rings. The maximum absolute atomic E-state index is 4.85. The van der Waals surface area contributed by atoms with E-state index in [1.165, 1.54) is 63.2 Å². The fraction of sp³-hybridized carbons (Fsp3) is 0.812. The van der Waals surface area contributed by atoms with Gasteiger partial charge in [0.25, 0.3) is 0 Å². The van der Waals surface area contributed by atoms with E-state index >= 15 is 0 Å². The molecule has 5 nitrogen and oxygen atoms in total. The Kier molecular flexibility index (Phi) is 4.13. The van der Waals surface area contributed by atoms with Gasteiger partial charge in [0, 0.05) is 12.3 Å². The van der Waals surface area contributed by atoms with Gasteiger partial charge in [0.05, 0.1) is 0 Å². The van der Waals surface area contributed by atoms with Crippen LogP contribution in [0, 0.1) is 5.92 Å². The average Bonchev–Trinajstić information content (AvgIpc) is 3.24. The zero-order valence-electron chi connectivity index (χ0n) is 13.4. The highest BCUT2D eigenvalue weighted by molar-refractivity contribution is 7.16. The van der Waals surface area contributed by atoms with Crippen LogP contribution < -0.4 is 0 Å². The van der Waals surface area contributed by atoms with E-state index in [1.54, 1.807) is 11.3 Å². The molecule has 2 fully saturated rings. The smallest absolute Gasteiger partial charge is 0.234 e. The first-order valence-corrected chi connectivity index (χ1v) is 9.58. The van der Waals surface area contributed by atoms with Crippen LogP contribution in [0.5, 0.6) is 0 Å². The van der Waals surface area contributed by atoms with Gasteiger partial charge < -0.3 is 4.90 Å². The molecule has 0 unspecified atom stereocenters. The number of nitrogens with zero attached hydrogens (tertiary/aromatic N) is 5. The fourth-order valence-corrected chi connectivity index (χ4v) is 4.90. The van der Waals surface area contributed by atoms with Crippen LogP contribution in [0.1, 0.15) is 62.2 Å². The minimum absolute atomic E-state index is 0.581. The van der Waals surface area contributed by atoms with Gasteiger partial charge in [-0.2, -0.15) is 9.61 Å². The predicted octanol–water partition coefficient (Wildman–Crippen LogP) is 3.12. The monoisotopic (exact) mass is 319 g/mol. The standard InChI is InChI=1S/C16H25N5S/c1-2-20-9-7-12(8-10-20)11-14-19-21-15(13-5-3-4-6-13)17-18-16(21)22-14/h12-13H,2-11H2,1H3. The Hall–Kier alpha value is -1.01. The summed E-state index contributed by atoms with van der Waals surface area (Å²) in [6.07, 6.45) is 8.90. The Morgan fingerprint density at radius 1 is 1.09 bits per heavy atom. The molecule has 2 aromatic heterocycles. The highest BCUT2D eigenvalue weighted by Gasteiger charge is 2.25. The molecule has 3 heterocycles. The number of hydrogen-bond donors (Lipinski definition) is 0. The summed E-state index contributed by atoms with van der Waals surface area (Å²) in [4.78, 5) is 3.54. The molecule has 0 amide bonds. The molecule has 120 valence electrons. The van der Waals surface area contributed by atoms with Crippen molar-refractivity contribution in [1.82, 2.24) is 24.7 Å². The molecule has 0 atom stereocenters. The summed E-state index contributed by atoms with van der Waals surface area (Å²) in [6.45, 7) is 5.94. The highest BCUT2D eigenvalue weighted by atomic mass is 32.1. The summed E-state index contributed by atoms with van der Waals surface area (Å²) < 4.78 is 2.04. The van der Waals surface area contributed by atoms with Crippen LogP contribution in [-0.4, -0.2) is 44.3 Å². The second kappa shape index (κ2) is 6.24. The van der Waals surface area contributed by atoms with E-state index in [0.717, 1.165) is 23.1 Å². The zero-order chi connectivity index (χ0) is 14.9. The topological polar surface area (TPSA) is 46.3 Å². The van der Waals surface area contributed by atoms with Gasteiger partial charge in [-0.05, 0) is 51.2 Å². The lowest BCUT2D eigenvalue weighted by Gasteiger charge is -2.30. The normalized spacial score (nSPS) is 22.0. The largest absolute Gasteiger partial charge is 0.304 e. The average molecular weight is 319 g/mol. The molecule has 1 saturated carbocycles. The van der Waals surface area contributed by atoms with Crippen LogP contribution in [0.3, 0.4) is 0 Å². The van der Waals surface area contributed by atoms with E-state index in [9.17, 15) is 0 Å². The van der Waals surface area contributed by atoms with Crippen molar-refractivity contribution in [3.8, 4) is 0 Å². The molecule has 0 aromatic carbocycles. The third-order valence-electron chi connectivity index (χ3n) is 5.39. The number of fused-ring (bicyclic) bond motifs is 1. The molecule has 1 saturated heterocycles. The molecule has 2 aliphatic rings. The van der Waals surface area contributed by atoms with E-state index < -0.39 is 0 Å². The summed E-state index contributed by atoms with van der Waals surface area (Å²) in [6, 6.07) is 0. The molecule has 0 spiro atoms. The lowest BCUT2D eigenvalue weighted by atomic mass is 9.94. The van der Waals surface area contributed by atoms with Gasteiger partial charge in [-0.3, -0.25) is 0 Å². The summed E-state index contributed by atoms with van der Waals surface area (Å²) >= 11 is 1.74. The minimum atomic E-state index is 0.581. The van der Waals surface area contributed by atoms with Crippen molar-refractivity contribution < 1.29 is 0 Å². The second-order valence-electron chi connectivity index (χ2n) is 6.81. The van der Waals surface area contributed by atoms with Gasteiger partial charge in [-0.25, -0.2) is 0 Å².